The van der Waals surface area contributed by atoms with Gasteiger partial charge in [0.15, 0.2) is 0 Å². The monoisotopic (exact) mass is 191 g/mol. The van der Waals surface area contributed by atoms with Crippen LogP contribution in [0.25, 0.3) is 0 Å². The minimum absolute atomic E-state index is 0.283. The highest BCUT2D eigenvalue weighted by atomic mass is 19.3. The third-order valence-corrected chi connectivity index (χ3v) is 1.42. The lowest BCUT2D eigenvalue weighted by Crippen LogP contribution is -2.07. The number of nitrogens with zero attached hydrogens (tertiary/aromatic N) is 3. The van der Waals surface area contributed by atoms with Crippen LogP contribution in [0.3, 0.4) is 0 Å². The molecule has 0 aromatic carbocycles. The Bertz CT molecular complexity index is 324. The van der Waals surface area contributed by atoms with Crippen LogP contribution in [0.4, 0.5) is 14.6 Å². The van der Waals surface area contributed by atoms with Gasteiger partial charge in [-0.1, -0.05) is 0 Å². The van der Waals surface area contributed by atoms with Gasteiger partial charge in [-0.2, -0.15) is 4.68 Å². The molecular weight excluding hydrogens is 184 g/mol. The van der Waals surface area contributed by atoms with Crippen LogP contribution in [-0.2, 0) is 6.54 Å². The Morgan fingerprint density at radius 1 is 1.77 bits per heavy atom. The molecule has 0 bridgehead atoms. The van der Waals surface area contributed by atoms with Crippen LogP contribution in [0.5, 0.6) is 0 Å². The Morgan fingerprint density at radius 3 is 2.77 bits per heavy atom. The average Bonchev–Trinajstić information content (AvgIpc) is 2.29. The van der Waals surface area contributed by atoms with Crippen LogP contribution in [-0.4, -0.2) is 21.1 Å². The van der Waals surface area contributed by atoms with Crippen LogP contribution in [0.15, 0.2) is 6.20 Å². The van der Waals surface area contributed by atoms with Gasteiger partial charge in [0.25, 0.3) is 6.43 Å². The van der Waals surface area contributed by atoms with Gasteiger partial charge >= 0.3 is 5.82 Å². The largest absolute Gasteiger partial charge is 0.392 e. The van der Waals surface area contributed by atoms with Crippen molar-refractivity contribution in [3.63, 3.8) is 0 Å². The van der Waals surface area contributed by atoms with E-state index in [4.69, 9.17) is 0 Å². The van der Waals surface area contributed by atoms with Gasteiger partial charge < -0.3 is 10.1 Å². The molecule has 0 radical (unpaired) electrons. The van der Waals surface area contributed by atoms with Crippen molar-refractivity contribution in [2.24, 2.45) is 0 Å². The van der Waals surface area contributed by atoms with Crippen molar-refractivity contribution < 1.29 is 13.7 Å². The first kappa shape index (κ1) is 9.56. The number of aryl methyl sites for hydroxylation is 1. The van der Waals surface area contributed by atoms with Gasteiger partial charge in [-0.25, -0.2) is 8.78 Å². The molecule has 0 unspecified atom stereocenters. The lowest BCUT2D eigenvalue weighted by atomic mass is 10.4. The van der Waals surface area contributed by atoms with Crippen LogP contribution < -0.4 is 0 Å². The molecular formula is C6H7F2N3O2. The Morgan fingerprint density at radius 2 is 2.38 bits per heavy atom. The van der Waals surface area contributed by atoms with Crippen molar-refractivity contribution in [3.8, 4) is 0 Å². The van der Waals surface area contributed by atoms with E-state index in [1.807, 2.05) is 0 Å². The Kier molecular flexibility index (Phi) is 2.54. The molecule has 0 saturated heterocycles. The molecule has 0 saturated carbocycles. The maximum atomic E-state index is 11.8. The zero-order chi connectivity index (χ0) is 10.0. The summed E-state index contributed by atoms with van der Waals surface area (Å²) in [4.78, 5) is 9.57. The Labute approximate surface area is 72.1 Å². The molecule has 1 heterocycles. The van der Waals surface area contributed by atoms with Gasteiger partial charge in [0.1, 0.15) is 6.54 Å². The first-order chi connectivity index (χ1) is 6.00. The second kappa shape index (κ2) is 3.46. The molecule has 0 aliphatic heterocycles. The Hall–Kier alpha value is -1.53. The summed E-state index contributed by atoms with van der Waals surface area (Å²) >= 11 is 0. The number of hydrogen-bond acceptors (Lipinski definition) is 3. The molecule has 0 amide bonds. The number of nitro groups is 1. The third-order valence-electron chi connectivity index (χ3n) is 1.42. The zero-order valence-electron chi connectivity index (χ0n) is 6.78. The second-order valence-electron chi connectivity index (χ2n) is 2.51. The van der Waals surface area contributed by atoms with Gasteiger partial charge in [-0.3, -0.25) is 0 Å². The smallest absolute Gasteiger partial charge is 0.358 e. The second-order valence-corrected chi connectivity index (χ2v) is 2.51. The number of halogens is 2. The van der Waals surface area contributed by atoms with Crippen LogP contribution in [0.2, 0.25) is 0 Å². The first-order valence-electron chi connectivity index (χ1n) is 3.47. The van der Waals surface area contributed by atoms with Gasteiger partial charge in [-0.15, -0.1) is 0 Å². The van der Waals surface area contributed by atoms with E-state index in [0.29, 0.717) is 0 Å². The van der Waals surface area contributed by atoms with E-state index in [0.717, 1.165) is 4.68 Å². The summed E-state index contributed by atoms with van der Waals surface area (Å²) < 4.78 is 24.5. The predicted molar refractivity (Wildman–Crippen MR) is 39.6 cm³/mol. The molecule has 0 aliphatic carbocycles. The highest BCUT2D eigenvalue weighted by Crippen LogP contribution is 2.14. The van der Waals surface area contributed by atoms with Crippen molar-refractivity contribution >= 4 is 5.82 Å². The SMILES string of the molecule is Cc1cn(CC(F)F)nc1[N+](=O)[O-]. The van der Waals surface area contributed by atoms with E-state index in [-0.39, 0.29) is 11.4 Å². The van der Waals surface area contributed by atoms with E-state index in [1.54, 1.807) is 0 Å². The molecule has 0 fully saturated rings. The van der Waals surface area contributed by atoms with Gasteiger partial charge in [0, 0.05) is 0 Å². The lowest BCUT2D eigenvalue weighted by Gasteiger charge is -1.92. The minimum atomic E-state index is -2.56. The molecule has 1 rings (SSSR count). The summed E-state index contributed by atoms with van der Waals surface area (Å²) in [6.07, 6.45) is -1.33. The maximum absolute atomic E-state index is 11.8. The fourth-order valence-electron chi connectivity index (χ4n) is 0.926. The van der Waals surface area contributed by atoms with Crippen molar-refractivity contribution in [3.05, 3.63) is 21.9 Å². The van der Waals surface area contributed by atoms with Gasteiger partial charge in [-0.05, 0) is 11.8 Å². The van der Waals surface area contributed by atoms with E-state index < -0.39 is 17.9 Å². The summed E-state index contributed by atoms with van der Waals surface area (Å²) in [5.41, 5.74) is 0.283. The quantitative estimate of drug-likeness (QED) is 0.535. The molecule has 5 nitrogen and oxygen atoms in total. The summed E-state index contributed by atoms with van der Waals surface area (Å²) in [5, 5.41) is 13.7. The van der Waals surface area contributed by atoms with Crippen molar-refractivity contribution in [2.45, 2.75) is 19.9 Å². The van der Waals surface area contributed by atoms with Crippen molar-refractivity contribution in [1.29, 1.82) is 0 Å². The number of hydrogen-bond donors (Lipinski definition) is 0. The van der Waals surface area contributed by atoms with Crippen molar-refractivity contribution in [1.82, 2.24) is 9.78 Å². The highest BCUT2D eigenvalue weighted by molar-refractivity contribution is 5.27. The molecule has 13 heavy (non-hydrogen) atoms. The summed E-state index contributed by atoms with van der Waals surface area (Å²) in [6, 6.07) is 0. The summed E-state index contributed by atoms with van der Waals surface area (Å²) in [6.45, 7) is 0.835. The van der Waals surface area contributed by atoms with Crippen LogP contribution >= 0.6 is 0 Å². The van der Waals surface area contributed by atoms with Gasteiger partial charge in [0.05, 0.1) is 16.9 Å². The standard InChI is InChI=1S/C6H7F2N3O2/c1-4-2-10(3-5(7)8)9-6(4)11(12)13/h2,5H,3H2,1H3. The molecule has 0 aliphatic rings. The van der Waals surface area contributed by atoms with Crippen molar-refractivity contribution in [2.75, 3.05) is 0 Å². The number of alkyl halides is 2. The summed E-state index contributed by atoms with van der Waals surface area (Å²) in [7, 11) is 0. The molecule has 72 valence electrons. The summed E-state index contributed by atoms with van der Waals surface area (Å²) in [5.74, 6) is -0.374. The van der Waals surface area contributed by atoms with E-state index >= 15 is 0 Å². The molecule has 0 N–H and O–H groups in total. The average molecular weight is 191 g/mol. The minimum Gasteiger partial charge on any atom is -0.358 e. The topological polar surface area (TPSA) is 61.0 Å². The molecule has 0 spiro atoms. The van der Waals surface area contributed by atoms with Crippen LogP contribution in [0.1, 0.15) is 5.56 Å². The van der Waals surface area contributed by atoms with E-state index in [1.165, 1.54) is 13.1 Å². The number of aromatic nitrogens is 2. The zero-order valence-corrected chi connectivity index (χ0v) is 6.78. The Balaban J connectivity index is 2.89. The normalized spacial score (nSPS) is 10.8. The van der Waals surface area contributed by atoms with Gasteiger partial charge in [0.2, 0.25) is 0 Å². The highest BCUT2D eigenvalue weighted by Gasteiger charge is 2.18. The fourth-order valence-corrected chi connectivity index (χ4v) is 0.926. The fraction of sp³-hybridized carbons (Fsp3) is 0.500. The molecule has 1 aromatic heterocycles. The molecule has 1 aromatic rings. The number of rotatable bonds is 3. The maximum Gasteiger partial charge on any atom is 0.392 e. The first-order valence-corrected chi connectivity index (χ1v) is 3.47. The predicted octanol–water partition coefficient (Wildman–Crippen LogP) is 1.36. The van der Waals surface area contributed by atoms with E-state index in [2.05, 4.69) is 5.10 Å². The van der Waals surface area contributed by atoms with E-state index in [9.17, 15) is 18.9 Å². The molecule has 0 atom stereocenters. The lowest BCUT2D eigenvalue weighted by molar-refractivity contribution is -0.390. The molecule has 7 heteroatoms. The third kappa shape index (κ3) is 2.20. The van der Waals surface area contributed by atoms with Crippen LogP contribution in [0, 0.1) is 17.0 Å².